The van der Waals surface area contributed by atoms with E-state index < -0.39 is 23.7 Å². The van der Waals surface area contributed by atoms with Crippen LogP contribution in [-0.2, 0) is 9.53 Å². The molecule has 0 heterocycles. The summed E-state index contributed by atoms with van der Waals surface area (Å²) in [6, 6.07) is -0.871. The maximum atomic E-state index is 11.9. The second kappa shape index (κ2) is 9.44. The van der Waals surface area contributed by atoms with Crippen LogP contribution in [-0.4, -0.2) is 28.8 Å². The summed E-state index contributed by atoms with van der Waals surface area (Å²) in [5, 5.41) is 12.0. The minimum atomic E-state index is -0.982. The fourth-order valence-corrected chi connectivity index (χ4v) is 4.22. The highest BCUT2D eigenvalue weighted by molar-refractivity contribution is 5.80. The van der Waals surface area contributed by atoms with Gasteiger partial charge >= 0.3 is 12.1 Å². The lowest BCUT2D eigenvalue weighted by atomic mass is 9.65. The zero-order chi connectivity index (χ0) is 19.1. The summed E-state index contributed by atoms with van der Waals surface area (Å²) in [7, 11) is 0. The van der Waals surface area contributed by atoms with E-state index in [1.165, 1.54) is 38.5 Å². The smallest absolute Gasteiger partial charge is 0.408 e. The normalized spacial score (nSPS) is 19.2. The first-order chi connectivity index (χ1) is 11.6. The van der Waals surface area contributed by atoms with Gasteiger partial charge in [-0.15, -0.1) is 0 Å². The Morgan fingerprint density at radius 3 is 2.08 bits per heavy atom. The molecule has 0 aromatic rings. The molecule has 0 radical (unpaired) electrons. The number of ether oxygens (including phenoxy) is 1. The molecule has 5 heteroatoms. The van der Waals surface area contributed by atoms with Crippen LogP contribution in [0.3, 0.4) is 0 Å². The van der Waals surface area contributed by atoms with Crippen LogP contribution >= 0.6 is 0 Å². The molecule has 1 amide bonds. The highest BCUT2D eigenvalue weighted by atomic mass is 16.6. The fourth-order valence-electron chi connectivity index (χ4n) is 4.22. The summed E-state index contributed by atoms with van der Waals surface area (Å²) in [5.41, 5.74) is -0.171. The third kappa shape index (κ3) is 7.66. The summed E-state index contributed by atoms with van der Waals surface area (Å²) in [5.74, 6) is -0.623. The summed E-state index contributed by atoms with van der Waals surface area (Å²) < 4.78 is 5.19. The Kier molecular flexibility index (Phi) is 8.23. The molecule has 0 saturated heterocycles. The lowest BCUT2D eigenvalue weighted by Gasteiger charge is -2.41. The fraction of sp³-hybridized carbons (Fsp3) is 0.900. The first-order valence-electron chi connectivity index (χ1n) is 9.83. The van der Waals surface area contributed by atoms with Crippen molar-refractivity contribution in [3.8, 4) is 0 Å². The van der Waals surface area contributed by atoms with Crippen LogP contribution in [0.4, 0.5) is 4.79 Å². The maximum Gasteiger partial charge on any atom is 0.408 e. The van der Waals surface area contributed by atoms with Crippen LogP contribution in [0.1, 0.15) is 92.4 Å². The minimum absolute atomic E-state index is 0.359. The first-order valence-corrected chi connectivity index (χ1v) is 9.83. The van der Waals surface area contributed by atoms with Crippen molar-refractivity contribution in [1.82, 2.24) is 5.32 Å². The minimum Gasteiger partial charge on any atom is -0.480 e. The Morgan fingerprint density at radius 2 is 1.68 bits per heavy atom. The SMILES string of the molecule is CCCC1(CCC)CCC(CC(NC(=O)OC(C)(C)C)C(=O)O)CC1. The second-order valence-corrected chi connectivity index (χ2v) is 8.72. The van der Waals surface area contributed by atoms with Gasteiger partial charge < -0.3 is 15.2 Å². The van der Waals surface area contributed by atoms with Crippen molar-refractivity contribution in [3.63, 3.8) is 0 Å². The summed E-state index contributed by atoms with van der Waals surface area (Å²) in [4.78, 5) is 23.4. The Hall–Kier alpha value is -1.26. The Bertz CT molecular complexity index is 425. The van der Waals surface area contributed by atoms with Gasteiger partial charge in [-0.25, -0.2) is 9.59 Å². The lowest BCUT2D eigenvalue weighted by Crippen LogP contribution is -2.45. The summed E-state index contributed by atoms with van der Waals surface area (Å²) >= 11 is 0. The van der Waals surface area contributed by atoms with Crippen LogP contribution in [0, 0.1) is 11.3 Å². The number of carbonyl (C=O) groups excluding carboxylic acids is 1. The van der Waals surface area contributed by atoms with Gasteiger partial charge in [-0.3, -0.25) is 0 Å². The molecule has 146 valence electrons. The Balaban J connectivity index is 2.58. The third-order valence-electron chi connectivity index (χ3n) is 5.28. The third-order valence-corrected chi connectivity index (χ3v) is 5.28. The highest BCUT2D eigenvalue weighted by Gasteiger charge is 2.35. The van der Waals surface area contributed by atoms with Crippen molar-refractivity contribution in [3.05, 3.63) is 0 Å². The monoisotopic (exact) mass is 355 g/mol. The average molecular weight is 356 g/mol. The zero-order valence-electron chi connectivity index (χ0n) is 16.7. The molecule has 1 atom stereocenters. The number of carboxylic acids is 1. The van der Waals surface area contributed by atoms with Gasteiger partial charge in [0.2, 0.25) is 0 Å². The van der Waals surface area contributed by atoms with Gasteiger partial charge in [0.05, 0.1) is 0 Å². The zero-order valence-corrected chi connectivity index (χ0v) is 16.7. The number of alkyl carbamates (subject to hydrolysis) is 1. The number of carboxylic acid groups (broad SMARTS) is 1. The van der Waals surface area contributed by atoms with Crippen LogP contribution in [0.5, 0.6) is 0 Å². The van der Waals surface area contributed by atoms with Crippen LogP contribution < -0.4 is 5.32 Å². The molecule has 25 heavy (non-hydrogen) atoms. The molecule has 1 rings (SSSR count). The number of hydrogen-bond acceptors (Lipinski definition) is 3. The topological polar surface area (TPSA) is 75.6 Å². The quantitative estimate of drug-likeness (QED) is 0.633. The second-order valence-electron chi connectivity index (χ2n) is 8.72. The van der Waals surface area contributed by atoms with Crippen molar-refractivity contribution in [2.45, 2.75) is 104 Å². The molecule has 1 saturated carbocycles. The maximum absolute atomic E-state index is 11.9. The molecule has 1 aliphatic carbocycles. The molecule has 1 unspecified atom stereocenters. The summed E-state index contributed by atoms with van der Waals surface area (Å²) in [6.07, 6.45) is 9.27. The Labute approximate surface area is 152 Å². The number of hydrogen-bond donors (Lipinski definition) is 2. The molecule has 0 aromatic carbocycles. The van der Waals surface area contributed by atoms with Crippen molar-refractivity contribution in [1.29, 1.82) is 0 Å². The predicted octanol–water partition coefficient (Wildman–Crippen LogP) is 5.13. The molecule has 5 nitrogen and oxygen atoms in total. The molecule has 2 N–H and O–H groups in total. The standard InChI is InChI=1S/C20H37NO4/c1-6-10-20(11-7-2)12-8-15(9-13-20)14-16(17(22)23)21-18(24)25-19(3,4)5/h15-16H,6-14H2,1-5H3,(H,21,24)(H,22,23). The van der Waals surface area contributed by atoms with E-state index in [1.807, 2.05) is 0 Å². The van der Waals surface area contributed by atoms with E-state index in [0.717, 1.165) is 12.8 Å². The van der Waals surface area contributed by atoms with E-state index in [4.69, 9.17) is 4.74 Å². The number of aliphatic carboxylic acids is 1. The van der Waals surface area contributed by atoms with E-state index in [2.05, 4.69) is 19.2 Å². The van der Waals surface area contributed by atoms with E-state index in [0.29, 0.717) is 17.8 Å². The number of nitrogens with one attached hydrogen (secondary N) is 1. The molecule has 0 spiro atoms. The van der Waals surface area contributed by atoms with Gasteiger partial charge in [0.1, 0.15) is 11.6 Å². The molecule has 0 bridgehead atoms. The van der Waals surface area contributed by atoms with Crippen molar-refractivity contribution < 1.29 is 19.4 Å². The molecule has 1 aliphatic rings. The van der Waals surface area contributed by atoms with E-state index in [1.54, 1.807) is 20.8 Å². The van der Waals surface area contributed by atoms with Crippen LogP contribution in [0.25, 0.3) is 0 Å². The molecule has 1 fully saturated rings. The molecule has 0 aromatic heterocycles. The number of rotatable bonds is 8. The van der Waals surface area contributed by atoms with Gasteiger partial charge in [-0.05, 0) is 77.0 Å². The van der Waals surface area contributed by atoms with Crippen LogP contribution in [0.15, 0.2) is 0 Å². The van der Waals surface area contributed by atoms with E-state index in [9.17, 15) is 14.7 Å². The van der Waals surface area contributed by atoms with E-state index in [-0.39, 0.29) is 0 Å². The van der Waals surface area contributed by atoms with Gasteiger partial charge in [-0.1, -0.05) is 26.7 Å². The molecular weight excluding hydrogens is 318 g/mol. The number of carbonyl (C=O) groups is 2. The van der Waals surface area contributed by atoms with Gasteiger partial charge in [0.15, 0.2) is 0 Å². The van der Waals surface area contributed by atoms with Crippen LogP contribution in [0.2, 0.25) is 0 Å². The Morgan fingerprint density at radius 1 is 1.16 bits per heavy atom. The van der Waals surface area contributed by atoms with E-state index >= 15 is 0 Å². The number of amides is 1. The van der Waals surface area contributed by atoms with Gasteiger partial charge in [0.25, 0.3) is 0 Å². The summed E-state index contributed by atoms with van der Waals surface area (Å²) in [6.45, 7) is 9.79. The largest absolute Gasteiger partial charge is 0.480 e. The van der Waals surface area contributed by atoms with Crippen molar-refractivity contribution in [2.24, 2.45) is 11.3 Å². The average Bonchev–Trinajstić information content (AvgIpc) is 2.47. The van der Waals surface area contributed by atoms with Crippen molar-refractivity contribution >= 4 is 12.1 Å². The van der Waals surface area contributed by atoms with Crippen molar-refractivity contribution in [2.75, 3.05) is 0 Å². The lowest BCUT2D eigenvalue weighted by molar-refractivity contribution is -0.140. The molecule has 0 aliphatic heterocycles. The highest BCUT2D eigenvalue weighted by Crippen LogP contribution is 2.46. The predicted molar refractivity (Wildman–Crippen MR) is 99.6 cm³/mol. The van der Waals surface area contributed by atoms with Gasteiger partial charge in [0, 0.05) is 0 Å². The molecular formula is C20H37NO4. The van der Waals surface area contributed by atoms with Gasteiger partial charge in [-0.2, -0.15) is 0 Å². The first kappa shape index (κ1) is 21.8.